The summed E-state index contributed by atoms with van der Waals surface area (Å²) in [6.07, 6.45) is 3.93. The van der Waals surface area contributed by atoms with Crippen LogP contribution in [-0.4, -0.2) is 48.0 Å². The van der Waals surface area contributed by atoms with E-state index in [1.165, 1.54) is 12.0 Å². The molecule has 0 saturated heterocycles. The van der Waals surface area contributed by atoms with E-state index in [1.807, 2.05) is 31.2 Å². The van der Waals surface area contributed by atoms with Gasteiger partial charge in [-0.3, -0.25) is 29.3 Å². The Morgan fingerprint density at radius 3 is 2.60 bits per heavy atom. The van der Waals surface area contributed by atoms with Crippen molar-refractivity contribution >= 4 is 45.8 Å². The van der Waals surface area contributed by atoms with Gasteiger partial charge < -0.3 is 14.8 Å². The zero-order valence-corrected chi connectivity index (χ0v) is 24.8. The van der Waals surface area contributed by atoms with Crippen molar-refractivity contribution in [1.82, 2.24) is 15.3 Å². The van der Waals surface area contributed by atoms with E-state index in [4.69, 9.17) is 21.1 Å². The molecule has 0 aliphatic carbocycles. The van der Waals surface area contributed by atoms with Gasteiger partial charge in [0.25, 0.3) is 5.91 Å². The molecule has 42 heavy (non-hydrogen) atoms. The molecule has 0 bridgehead atoms. The monoisotopic (exact) mass is 588 g/mol. The van der Waals surface area contributed by atoms with Gasteiger partial charge in [-0.25, -0.2) is 0 Å². The van der Waals surface area contributed by atoms with Crippen LogP contribution in [0.3, 0.4) is 0 Å². The Morgan fingerprint density at radius 2 is 1.86 bits per heavy atom. The molecule has 1 atom stereocenters. The van der Waals surface area contributed by atoms with Crippen LogP contribution in [0.5, 0.6) is 5.75 Å². The molecule has 0 radical (unpaired) electrons. The van der Waals surface area contributed by atoms with Crippen LogP contribution in [0.15, 0.2) is 67.0 Å². The number of amides is 2. The summed E-state index contributed by atoms with van der Waals surface area (Å²) in [4.78, 5) is 50.6. The van der Waals surface area contributed by atoms with E-state index in [-0.39, 0.29) is 30.2 Å². The molecule has 0 fully saturated rings. The van der Waals surface area contributed by atoms with Crippen molar-refractivity contribution in [2.45, 2.75) is 39.7 Å². The van der Waals surface area contributed by atoms with Crippen LogP contribution in [0.2, 0.25) is 5.02 Å². The second kappa shape index (κ2) is 13.9. The van der Waals surface area contributed by atoms with Crippen molar-refractivity contribution in [1.29, 1.82) is 0 Å². The number of methoxy groups -OCH3 is 1. The van der Waals surface area contributed by atoms with Gasteiger partial charge in [0, 0.05) is 47.1 Å². The van der Waals surface area contributed by atoms with Crippen LogP contribution in [-0.2, 0) is 14.3 Å². The summed E-state index contributed by atoms with van der Waals surface area (Å²) in [6.45, 7) is 5.85. The molecule has 0 spiro atoms. The maximum atomic E-state index is 14.5. The minimum absolute atomic E-state index is 0.157. The van der Waals surface area contributed by atoms with Crippen molar-refractivity contribution < 1.29 is 23.9 Å². The summed E-state index contributed by atoms with van der Waals surface area (Å²) in [7, 11) is 1.46. The van der Waals surface area contributed by atoms with Crippen molar-refractivity contribution in [2.75, 3.05) is 25.2 Å². The van der Waals surface area contributed by atoms with E-state index >= 15 is 0 Å². The van der Waals surface area contributed by atoms with E-state index in [1.54, 1.807) is 56.6 Å². The van der Waals surface area contributed by atoms with E-state index < -0.39 is 17.9 Å². The lowest BCUT2D eigenvalue weighted by molar-refractivity contribution is -0.143. The molecule has 4 rings (SSSR count). The lowest BCUT2D eigenvalue weighted by Crippen LogP contribution is -2.45. The smallest absolute Gasteiger partial charge is 0.305 e. The highest BCUT2D eigenvalue weighted by Gasteiger charge is 2.36. The Bertz CT molecular complexity index is 1610. The highest BCUT2D eigenvalue weighted by Crippen LogP contribution is 2.35. The molecule has 2 aromatic heterocycles. The quantitative estimate of drug-likeness (QED) is 0.175. The maximum absolute atomic E-state index is 14.5. The number of hydrogen-bond donors (Lipinski definition) is 1. The van der Waals surface area contributed by atoms with Crippen molar-refractivity contribution in [3.63, 3.8) is 0 Å². The number of aromatic nitrogens is 2. The zero-order valence-electron chi connectivity index (χ0n) is 24.0. The fraction of sp³-hybridized carbons (Fsp3) is 0.281. The number of anilines is 1. The number of aryl methyl sites for hydroxylation is 2. The average molecular weight is 589 g/mol. The normalized spacial score (nSPS) is 11.5. The third-order valence-electron chi connectivity index (χ3n) is 6.69. The van der Waals surface area contributed by atoms with Crippen molar-refractivity contribution in [3.05, 3.63) is 94.5 Å². The van der Waals surface area contributed by atoms with E-state index in [9.17, 15) is 14.4 Å². The molecule has 2 amide bonds. The second-order valence-corrected chi connectivity index (χ2v) is 10.1. The number of carbonyl (C=O) groups excluding carboxylic acids is 3. The molecule has 0 aliphatic rings. The summed E-state index contributed by atoms with van der Waals surface area (Å²) in [5, 5.41) is 5.06. The minimum Gasteiger partial charge on any atom is -0.496 e. The summed E-state index contributed by atoms with van der Waals surface area (Å²) >= 11 is 6.35. The fourth-order valence-electron chi connectivity index (χ4n) is 4.61. The van der Waals surface area contributed by atoms with Gasteiger partial charge in [0.05, 0.1) is 25.0 Å². The SMILES string of the molecule is CCOC(=O)CCCNC(=O)C(c1cccc(C)n1)N(C(=O)c1cc(C)c(Cl)cc1OC)c1ccc2cnccc2c1. The Labute approximate surface area is 249 Å². The predicted molar refractivity (Wildman–Crippen MR) is 162 cm³/mol. The Morgan fingerprint density at radius 1 is 1.05 bits per heavy atom. The highest BCUT2D eigenvalue weighted by atomic mass is 35.5. The first-order valence-corrected chi connectivity index (χ1v) is 14.0. The van der Waals surface area contributed by atoms with Gasteiger partial charge in [-0.15, -0.1) is 0 Å². The van der Waals surface area contributed by atoms with Gasteiger partial charge in [-0.2, -0.15) is 0 Å². The Kier molecular flexibility index (Phi) is 10.1. The second-order valence-electron chi connectivity index (χ2n) is 9.69. The highest BCUT2D eigenvalue weighted by molar-refractivity contribution is 6.31. The molecule has 1 N–H and O–H groups in total. The summed E-state index contributed by atoms with van der Waals surface area (Å²) in [5.74, 6) is -0.993. The first kappa shape index (κ1) is 30.5. The van der Waals surface area contributed by atoms with Gasteiger partial charge in [-0.05, 0) is 80.6 Å². The number of rotatable bonds is 11. The predicted octanol–water partition coefficient (Wildman–Crippen LogP) is 5.76. The molecule has 9 nitrogen and oxygen atoms in total. The molecular formula is C32H33ClN4O5. The van der Waals surface area contributed by atoms with Crippen LogP contribution in [0.4, 0.5) is 5.69 Å². The number of halogens is 1. The number of nitrogens with one attached hydrogen (secondary N) is 1. The summed E-state index contributed by atoms with van der Waals surface area (Å²) < 4.78 is 10.5. The molecular weight excluding hydrogens is 556 g/mol. The summed E-state index contributed by atoms with van der Waals surface area (Å²) in [5.41, 5.74) is 2.46. The van der Waals surface area contributed by atoms with Gasteiger partial charge in [-0.1, -0.05) is 23.7 Å². The molecule has 2 heterocycles. The number of carbonyl (C=O) groups is 3. The largest absolute Gasteiger partial charge is 0.496 e. The zero-order chi connectivity index (χ0) is 30.2. The number of pyridine rings is 2. The molecule has 10 heteroatoms. The average Bonchev–Trinajstić information content (AvgIpc) is 2.98. The Hall–Kier alpha value is -4.50. The van der Waals surface area contributed by atoms with E-state index in [0.717, 1.165) is 10.8 Å². The number of nitrogens with zero attached hydrogens (tertiary/aromatic N) is 3. The number of fused-ring (bicyclic) bond motifs is 1. The molecule has 0 aliphatic heterocycles. The Balaban J connectivity index is 1.83. The molecule has 218 valence electrons. The van der Waals surface area contributed by atoms with Crippen LogP contribution in [0.25, 0.3) is 10.8 Å². The van der Waals surface area contributed by atoms with E-state index in [2.05, 4.69) is 15.3 Å². The van der Waals surface area contributed by atoms with Gasteiger partial charge in [0.2, 0.25) is 5.91 Å². The topological polar surface area (TPSA) is 111 Å². The lowest BCUT2D eigenvalue weighted by Gasteiger charge is -2.32. The van der Waals surface area contributed by atoms with Gasteiger partial charge in [0.1, 0.15) is 5.75 Å². The summed E-state index contributed by atoms with van der Waals surface area (Å²) in [6, 6.07) is 14.7. The van der Waals surface area contributed by atoms with E-state index in [0.29, 0.717) is 40.7 Å². The number of esters is 1. The maximum Gasteiger partial charge on any atom is 0.305 e. The number of benzene rings is 2. The third-order valence-corrected chi connectivity index (χ3v) is 7.10. The standard InChI is InChI=1S/C32H33ClN4O5/c1-5-42-29(38)10-7-14-35-31(39)30(27-9-6-8-21(3)36-27)37(24-12-11-23-19-34-15-13-22(23)17-24)32(40)25-16-20(2)26(33)18-28(25)41-4/h6,8-9,11-13,15-19,30H,5,7,10,14H2,1-4H3,(H,35,39). The fourth-order valence-corrected chi connectivity index (χ4v) is 4.76. The molecule has 2 aromatic carbocycles. The molecule has 1 unspecified atom stereocenters. The van der Waals surface area contributed by atoms with Crippen LogP contribution in [0, 0.1) is 13.8 Å². The number of hydrogen-bond acceptors (Lipinski definition) is 7. The van der Waals surface area contributed by atoms with Gasteiger partial charge in [0.15, 0.2) is 6.04 Å². The van der Waals surface area contributed by atoms with Crippen molar-refractivity contribution in [3.8, 4) is 5.75 Å². The van der Waals surface area contributed by atoms with Crippen molar-refractivity contribution in [2.24, 2.45) is 0 Å². The van der Waals surface area contributed by atoms with Gasteiger partial charge >= 0.3 is 5.97 Å². The van der Waals surface area contributed by atoms with Crippen LogP contribution >= 0.6 is 11.6 Å². The lowest BCUT2D eigenvalue weighted by atomic mass is 10.0. The minimum atomic E-state index is -1.15. The number of ether oxygens (including phenoxy) is 2. The first-order valence-electron chi connectivity index (χ1n) is 13.6. The van der Waals surface area contributed by atoms with Crippen LogP contribution < -0.4 is 15.0 Å². The molecule has 0 saturated carbocycles. The molecule has 4 aromatic rings. The van der Waals surface area contributed by atoms with Crippen LogP contribution in [0.1, 0.15) is 53.1 Å². The third kappa shape index (κ3) is 7.03. The first-order chi connectivity index (χ1) is 20.2.